The van der Waals surface area contributed by atoms with Crippen molar-refractivity contribution in [1.29, 1.82) is 0 Å². The largest absolute Gasteiger partial charge is 0.329 e. The van der Waals surface area contributed by atoms with E-state index in [0.29, 0.717) is 11.0 Å². The van der Waals surface area contributed by atoms with Crippen LogP contribution in [0, 0.1) is 11.3 Å². The van der Waals surface area contributed by atoms with Crippen molar-refractivity contribution >= 4 is 0 Å². The Bertz CT molecular complexity index is 286. The molecule has 0 aliphatic heterocycles. The van der Waals surface area contributed by atoms with E-state index in [1.54, 1.807) is 0 Å². The third-order valence-electron chi connectivity index (χ3n) is 6.25. The minimum absolute atomic E-state index is 0.330. The Hall–Kier alpha value is -0.0800. The molecule has 2 N–H and O–H groups in total. The molecule has 0 saturated heterocycles. The molecular weight excluding hydrogens is 232 g/mol. The summed E-state index contributed by atoms with van der Waals surface area (Å²) in [4.78, 5) is 2.75. The first-order valence-corrected chi connectivity index (χ1v) is 8.46. The summed E-state index contributed by atoms with van der Waals surface area (Å²) in [6.45, 7) is 11.6. The molecule has 0 bridgehead atoms. The number of rotatable bonds is 6. The van der Waals surface area contributed by atoms with Gasteiger partial charge < -0.3 is 5.73 Å². The molecule has 0 aromatic carbocycles. The lowest BCUT2D eigenvalue weighted by atomic mass is 9.65. The van der Waals surface area contributed by atoms with Gasteiger partial charge in [-0.2, -0.15) is 0 Å². The van der Waals surface area contributed by atoms with Gasteiger partial charge in [0.2, 0.25) is 0 Å². The molecule has 2 nitrogen and oxygen atoms in total. The maximum Gasteiger partial charge on any atom is 0.0334 e. The Balaban J connectivity index is 2.02. The maximum absolute atomic E-state index is 6.23. The van der Waals surface area contributed by atoms with Gasteiger partial charge in [-0.3, -0.25) is 4.90 Å². The number of nitrogens with zero attached hydrogens (tertiary/aromatic N) is 1. The van der Waals surface area contributed by atoms with Crippen LogP contribution in [0.4, 0.5) is 0 Å². The highest BCUT2D eigenvalue weighted by atomic mass is 15.3. The number of nitrogens with two attached hydrogens (primary N) is 1. The van der Waals surface area contributed by atoms with Crippen LogP contribution in [-0.2, 0) is 0 Å². The normalized spacial score (nSPS) is 32.8. The zero-order chi connectivity index (χ0) is 14.1. The summed E-state index contributed by atoms with van der Waals surface area (Å²) in [5.74, 6) is 0.898. The molecule has 2 heteroatoms. The first-order chi connectivity index (χ1) is 8.99. The van der Waals surface area contributed by atoms with E-state index >= 15 is 0 Å². The van der Waals surface area contributed by atoms with E-state index < -0.39 is 0 Å². The summed E-state index contributed by atoms with van der Waals surface area (Å²) < 4.78 is 0. The van der Waals surface area contributed by atoms with Crippen LogP contribution in [0.1, 0.15) is 72.6 Å². The third kappa shape index (κ3) is 3.00. The van der Waals surface area contributed by atoms with Gasteiger partial charge in [0.1, 0.15) is 0 Å². The van der Waals surface area contributed by atoms with Crippen molar-refractivity contribution < 1.29 is 0 Å². The summed E-state index contributed by atoms with van der Waals surface area (Å²) in [5.41, 5.74) is 7.07. The minimum Gasteiger partial charge on any atom is -0.329 e. The van der Waals surface area contributed by atoms with Crippen LogP contribution >= 0.6 is 0 Å². The highest BCUT2D eigenvalue weighted by molar-refractivity contribution is 5.02. The molecule has 0 aromatic heterocycles. The average Bonchev–Trinajstić information content (AvgIpc) is 3.24. The van der Waals surface area contributed by atoms with Crippen molar-refractivity contribution in [2.75, 3.05) is 13.1 Å². The molecule has 0 heterocycles. The molecule has 0 amide bonds. The fourth-order valence-corrected chi connectivity index (χ4v) is 4.20. The molecule has 2 fully saturated rings. The van der Waals surface area contributed by atoms with Gasteiger partial charge in [-0.1, -0.05) is 34.1 Å². The molecule has 2 aliphatic carbocycles. The van der Waals surface area contributed by atoms with Crippen LogP contribution in [0.5, 0.6) is 0 Å². The quantitative estimate of drug-likeness (QED) is 0.792. The molecule has 2 saturated carbocycles. The Kier molecular flexibility index (Phi) is 4.62. The lowest BCUT2D eigenvalue weighted by Gasteiger charge is -2.50. The molecule has 19 heavy (non-hydrogen) atoms. The van der Waals surface area contributed by atoms with Crippen molar-refractivity contribution in [2.24, 2.45) is 17.1 Å². The predicted molar refractivity (Wildman–Crippen MR) is 83.2 cm³/mol. The molecule has 0 radical (unpaired) electrons. The second kappa shape index (κ2) is 5.73. The number of hydrogen-bond acceptors (Lipinski definition) is 2. The summed E-state index contributed by atoms with van der Waals surface area (Å²) >= 11 is 0. The van der Waals surface area contributed by atoms with Crippen molar-refractivity contribution in [3.05, 3.63) is 0 Å². The second-order valence-electron chi connectivity index (χ2n) is 7.56. The zero-order valence-electron chi connectivity index (χ0n) is 13.5. The predicted octanol–water partition coefficient (Wildman–Crippen LogP) is 3.79. The first kappa shape index (κ1) is 15.3. The minimum atomic E-state index is 0.330. The molecule has 2 rings (SSSR count). The molecule has 0 unspecified atom stereocenters. The van der Waals surface area contributed by atoms with Gasteiger partial charge in [-0.15, -0.1) is 0 Å². The van der Waals surface area contributed by atoms with Gasteiger partial charge >= 0.3 is 0 Å². The molecular formula is C17H34N2. The van der Waals surface area contributed by atoms with E-state index in [1.807, 2.05) is 0 Å². The Morgan fingerprint density at radius 3 is 2.05 bits per heavy atom. The van der Waals surface area contributed by atoms with E-state index in [4.69, 9.17) is 5.73 Å². The van der Waals surface area contributed by atoms with Crippen molar-refractivity contribution in [2.45, 2.75) is 84.2 Å². The van der Waals surface area contributed by atoms with Gasteiger partial charge in [-0.05, 0) is 56.4 Å². The van der Waals surface area contributed by atoms with Crippen LogP contribution < -0.4 is 5.73 Å². The first-order valence-electron chi connectivity index (χ1n) is 8.46. The Labute approximate surface area is 120 Å². The van der Waals surface area contributed by atoms with Crippen LogP contribution in [0.3, 0.4) is 0 Å². The van der Waals surface area contributed by atoms with E-state index in [-0.39, 0.29) is 0 Å². The summed E-state index contributed by atoms with van der Waals surface area (Å²) in [7, 11) is 0. The fourth-order valence-electron chi connectivity index (χ4n) is 4.20. The van der Waals surface area contributed by atoms with Crippen LogP contribution in [-0.4, -0.2) is 29.6 Å². The fraction of sp³-hybridized carbons (Fsp3) is 1.00. The maximum atomic E-state index is 6.23. The number of likely N-dealkylation sites (N-methyl/N-ethyl adjacent to an activating group) is 1. The zero-order valence-corrected chi connectivity index (χ0v) is 13.5. The smallest absolute Gasteiger partial charge is 0.0334 e. The van der Waals surface area contributed by atoms with Gasteiger partial charge in [0.15, 0.2) is 0 Å². The van der Waals surface area contributed by atoms with Gasteiger partial charge in [0, 0.05) is 18.1 Å². The monoisotopic (exact) mass is 266 g/mol. The van der Waals surface area contributed by atoms with Gasteiger partial charge in [0.05, 0.1) is 0 Å². The lowest BCUT2D eigenvalue weighted by molar-refractivity contribution is 0.0142. The molecule has 2 aliphatic rings. The summed E-state index contributed by atoms with van der Waals surface area (Å²) in [6.07, 6.45) is 9.50. The number of hydrogen-bond donors (Lipinski definition) is 1. The van der Waals surface area contributed by atoms with Crippen molar-refractivity contribution in [3.8, 4) is 0 Å². The van der Waals surface area contributed by atoms with E-state index in [2.05, 4.69) is 32.6 Å². The molecule has 0 aromatic rings. The van der Waals surface area contributed by atoms with E-state index in [9.17, 15) is 0 Å². The van der Waals surface area contributed by atoms with Crippen LogP contribution in [0.2, 0.25) is 0 Å². The SMILES string of the molecule is CCN(C1CC1)C1(CN)CCC(C(C)(C)CC)CC1. The van der Waals surface area contributed by atoms with Crippen LogP contribution in [0.15, 0.2) is 0 Å². The summed E-state index contributed by atoms with van der Waals surface area (Å²) in [6, 6.07) is 0.851. The van der Waals surface area contributed by atoms with Gasteiger partial charge in [0.25, 0.3) is 0 Å². The topological polar surface area (TPSA) is 29.3 Å². The Morgan fingerprint density at radius 1 is 1.11 bits per heavy atom. The van der Waals surface area contributed by atoms with Crippen LogP contribution in [0.25, 0.3) is 0 Å². The Morgan fingerprint density at radius 2 is 1.68 bits per heavy atom. The summed E-state index contributed by atoms with van der Waals surface area (Å²) in [5, 5.41) is 0. The highest BCUT2D eigenvalue weighted by Gasteiger charge is 2.46. The van der Waals surface area contributed by atoms with Crippen molar-refractivity contribution in [1.82, 2.24) is 4.90 Å². The lowest BCUT2D eigenvalue weighted by Crippen LogP contribution is -2.57. The third-order valence-corrected chi connectivity index (χ3v) is 6.25. The second-order valence-corrected chi connectivity index (χ2v) is 7.56. The van der Waals surface area contributed by atoms with E-state index in [1.165, 1.54) is 51.5 Å². The molecule has 112 valence electrons. The van der Waals surface area contributed by atoms with Crippen molar-refractivity contribution in [3.63, 3.8) is 0 Å². The van der Waals surface area contributed by atoms with E-state index in [0.717, 1.165) is 18.5 Å². The standard InChI is InChI=1S/C17H34N2/c1-5-16(3,4)14-9-11-17(13-18,12-10-14)19(6-2)15-7-8-15/h14-15H,5-13,18H2,1-4H3. The van der Waals surface area contributed by atoms with Gasteiger partial charge in [-0.25, -0.2) is 0 Å². The highest BCUT2D eigenvalue weighted by Crippen LogP contribution is 2.47. The average molecular weight is 266 g/mol. The molecule has 0 spiro atoms. The molecule has 0 atom stereocenters.